The third kappa shape index (κ3) is 10.0. The van der Waals surface area contributed by atoms with Gasteiger partial charge in [-0.2, -0.15) is 0 Å². The zero-order chi connectivity index (χ0) is 28.7. The minimum atomic E-state index is -1.14. The fourth-order valence-electron chi connectivity index (χ4n) is 3.63. The molecular formula is C32H34N4O4. The first-order valence-corrected chi connectivity index (χ1v) is 12.9. The largest absolute Gasteiger partial charge is 0.376 e. The van der Waals surface area contributed by atoms with Gasteiger partial charge in [0, 0.05) is 26.2 Å². The number of hydrogen-bond donors (Lipinski definition) is 6. The van der Waals surface area contributed by atoms with Crippen molar-refractivity contribution in [2.75, 3.05) is 0 Å². The van der Waals surface area contributed by atoms with Crippen LogP contribution in [0.2, 0.25) is 0 Å². The van der Waals surface area contributed by atoms with Crippen LogP contribution in [0.15, 0.2) is 72.8 Å². The zero-order valence-corrected chi connectivity index (χ0v) is 22.2. The first-order valence-electron chi connectivity index (χ1n) is 12.9. The molecule has 3 rings (SSSR count). The van der Waals surface area contributed by atoms with Gasteiger partial charge >= 0.3 is 0 Å². The summed E-state index contributed by atoms with van der Waals surface area (Å²) in [5.74, 6) is 10.2. The monoisotopic (exact) mass is 538 g/mol. The van der Waals surface area contributed by atoms with Crippen molar-refractivity contribution < 1.29 is 19.8 Å². The molecule has 2 unspecified atom stereocenters. The number of carbonyl (C=O) groups is 2. The normalized spacial score (nSPS) is 11.7. The number of carbonyl (C=O) groups excluding carboxylic acids is 2. The molecule has 2 atom stereocenters. The Bertz CT molecular complexity index is 1290. The molecule has 0 saturated carbocycles. The van der Waals surface area contributed by atoms with Crippen molar-refractivity contribution in [1.29, 1.82) is 0 Å². The minimum absolute atomic E-state index is 0.0627. The summed E-state index contributed by atoms with van der Waals surface area (Å²) in [6, 6.07) is 21.9. The van der Waals surface area contributed by atoms with Crippen molar-refractivity contribution in [3.8, 4) is 23.7 Å². The number of aliphatic hydroxyl groups is 2. The van der Waals surface area contributed by atoms with Crippen LogP contribution in [0, 0.1) is 23.7 Å². The molecule has 3 aromatic rings. The van der Waals surface area contributed by atoms with Crippen LogP contribution < -0.4 is 22.1 Å². The molecule has 2 amide bonds. The van der Waals surface area contributed by atoms with Gasteiger partial charge in [0.05, 0.1) is 12.8 Å². The summed E-state index contributed by atoms with van der Waals surface area (Å²) in [6.07, 6.45) is -2.40. The Kier molecular flexibility index (Phi) is 11.9. The fourth-order valence-corrected chi connectivity index (χ4v) is 3.63. The van der Waals surface area contributed by atoms with Crippen molar-refractivity contribution in [1.82, 2.24) is 10.6 Å². The van der Waals surface area contributed by atoms with Crippen molar-refractivity contribution in [3.05, 3.63) is 106 Å². The SMILES string of the molecule is NCc1ccc(CNC(=O)CC#CC(O)c2cccc(C(O)C#CCC(=O)NCc3ccc(CN)cc3)c2)cc1. The van der Waals surface area contributed by atoms with Crippen molar-refractivity contribution in [3.63, 3.8) is 0 Å². The second kappa shape index (κ2) is 15.8. The van der Waals surface area contributed by atoms with Gasteiger partial charge in [0.15, 0.2) is 0 Å². The maximum Gasteiger partial charge on any atom is 0.232 e. The highest BCUT2D eigenvalue weighted by molar-refractivity contribution is 5.78. The first-order chi connectivity index (χ1) is 19.4. The highest BCUT2D eigenvalue weighted by Crippen LogP contribution is 2.18. The van der Waals surface area contributed by atoms with Gasteiger partial charge in [0.25, 0.3) is 0 Å². The minimum Gasteiger partial charge on any atom is -0.376 e. The standard InChI is InChI=1S/C32H34N4O4/c33-19-23-10-14-25(15-11-23)21-35-31(39)8-2-6-29(37)27-4-1-5-28(18-27)30(38)7-3-9-32(40)36-22-26-16-12-24(20-34)13-17-26/h1,4-5,10-18,29-30,37-38H,8-9,19-22,33-34H2,(H,35,39)(H,36,40). The van der Waals surface area contributed by atoms with E-state index in [4.69, 9.17) is 11.5 Å². The molecule has 8 N–H and O–H groups in total. The Labute approximate surface area is 234 Å². The number of rotatable bonds is 10. The Hall–Kier alpha value is -4.44. The molecule has 0 heterocycles. The van der Waals surface area contributed by atoms with Gasteiger partial charge in [-0.1, -0.05) is 90.4 Å². The van der Waals surface area contributed by atoms with Crippen LogP contribution in [-0.4, -0.2) is 22.0 Å². The Morgan fingerprint density at radius 1 is 0.650 bits per heavy atom. The zero-order valence-electron chi connectivity index (χ0n) is 22.2. The second-order valence-corrected chi connectivity index (χ2v) is 9.07. The van der Waals surface area contributed by atoms with Gasteiger partial charge in [0.1, 0.15) is 12.2 Å². The molecule has 0 aliphatic heterocycles. The van der Waals surface area contributed by atoms with E-state index in [1.807, 2.05) is 48.5 Å². The quantitative estimate of drug-likeness (QED) is 0.218. The molecular weight excluding hydrogens is 504 g/mol. The second-order valence-electron chi connectivity index (χ2n) is 9.07. The summed E-state index contributed by atoms with van der Waals surface area (Å²) in [6.45, 7) is 1.68. The maximum absolute atomic E-state index is 12.1. The summed E-state index contributed by atoms with van der Waals surface area (Å²) >= 11 is 0. The van der Waals surface area contributed by atoms with Gasteiger partial charge in [-0.05, 0) is 39.4 Å². The molecule has 206 valence electrons. The molecule has 0 spiro atoms. The highest BCUT2D eigenvalue weighted by Gasteiger charge is 2.09. The average Bonchev–Trinajstić information content (AvgIpc) is 2.99. The summed E-state index contributed by atoms with van der Waals surface area (Å²) in [5, 5.41) is 26.4. The number of nitrogens with one attached hydrogen (secondary N) is 2. The van der Waals surface area contributed by atoms with Crippen LogP contribution in [0.1, 0.15) is 58.4 Å². The number of benzene rings is 3. The van der Waals surface area contributed by atoms with E-state index in [-0.39, 0.29) is 24.7 Å². The van der Waals surface area contributed by atoms with E-state index in [0.717, 1.165) is 22.3 Å². The molecule has 0 bridgehead atoms. The van der Waals surface area contributed by atoms with Gasteiger partial charge in [-0.3, -0.25) is 9.59 Å². The topological polar surface area (TPSA) is 151 Å². The Morgan fingerprint density at radius 3 is 1.40 bits per heavy atom. The van der Waals surface area contributed by atoms with Gasteiger partial charge in [0.2, 0.25) is 11.8 Å². The Morgan fingerprint density at radius 2 is 1.02 bits per heavy atom. The van der Waals surface area contributed by atoms with E-state index in [9.17, 15) is 19.8 Å². The fraction of sp³-hybridized carbons (Fsp3) is 0.250. The lowest BCUT2D eigenvalue weighted by molar-refractivity contribution is -0.121. The van der Waals surface area contributed by atoms with Crippen molar-refractivity contribution >= 4 is 11.8 Å². The lowest BCUT2D eigenvalue weighted by Gasteiger charge is -2.09. The number of amides is 2. The molecule has 40 heavy (non-hydrogen) atoms. The lowest BCUT2D eigenvalue weighted by Crippen LogP contribution is -2.21. The predicted octanol–water partition coefficient (Wildman–Crippen LogP) is 2.09. The van der Waals surface area contributed by atoms with Crippen LogP contribution in [0.3, 0.4) is 0 Å². The van der Waals surface area contributed by atoms with Crippen LogP contribution in [0.5, 0.6) is 0 Å². The van der Waals surface area contributed by atoms with E-state index >= 15 is 0 Å². The molecule has 0 fully saturated rings. The summed E-state index contributed by atoms with van der Waals surface area (Å²) < 4.78 is 0. The smallest absolute Gasteiger partial charge is 0.232 e. The molecule has 0 saturated heterocycles. The van der Waals surface area contributed by atoms with E-state index < -0.39 is 12.2 Å². The maximum atomic E-state index is 12.1. The summed E-state index contributed by atoms with van der Waals surface area (Å²) in [4.78, 5) is 24.2. The average molecular weight is 539 g/mol. The Balaban J connectivity index is 1.45. The third-order valence-corrected chi connectivity index (χ3v) is 6.01. The van der Waals surface area contributed by atoms with Crippen LogP contribution >= 0.6 is 0 Å². The third-order valence-electron chi connectivity index (χ3n) is 6.01. The van der Waals surface area contributed by atoms with E-state index in [1.165, 1.54) is 0 Å². The lowest BCUT2D eigenvalue weighted by atomic mass is 10.0. The van der Waals surface area contributed by atoms with Crippen molar-refractivity contribution in [2.24, 2.45) is 11.5 Å². The number of nitrogens with two attached hydrogens (primary N) is 2. The molecule has 0 aliphatic rings. The van der Waals surface area contributed by atoms with Gasteiger partial charge in [-0.15, -0.1) is 0 Å². The van der Waals surface area contributed by atoms with Gasteiger partial charge in [-0.25, -0.2) is 0 Å². The first kappa shape index (κ1) is 30.1. The highest BCUT2D eigenvalue weighted by atomic mass is 16.3. The van der Waals surface area contributed by atoms with Crippen LogP contribution in [0.25, 0.3) is 0 Å². The van der Waals surface area contributed by atoms with Crippen molar-refractivity contribution in [2.45, 2.75) is 51.2 Å². The summed E-state index contributed by atoms with van der Waals surface area (Å²) in [5.41, 5.74) is 16.0. The van der Waals surface area contributed by atoms with E-state index in [1.54, 1.807) is 24.3 Å². The van der Waals surface area contributed by atoms with Crippen LogP contribution in [-0.2, 0) is 35.8 Å². The number of hydrogen-bond acceptors (Lipinski definition) is 6. The number of aliphatic hydroxyl groups excluding tert-OH is 2. The molecule has 8 heteroatoms. The van der Waals surface area contributed by atoms with Gasteiger partial charge < -0.3 is 32.3 Å². The molecule has 8 nitrogen and oxygen atoms in total. The van der Waals surface area contributed by atoms with E-state index in [2.05, 4.69) is 34.3 Å². The molecule has 0 aliphatic carbocycles. The van der Waals surface area contributed by atoms with E-state index in [0.29, 0.717) is 37.3 Å². The van der Waals surface area contributed by atoms with Crippen LogP contribution in [0.4, 0.5) is 0 Å². The molecule has 0 aromatic heterocycles. The summed E-state index contributed by atoms with van der Waals surface area (Å²) in [7, 11) is 0. The molecule has 0 radical (unpaired) electrons. The molecule has 3 aromatic carbocycles. The predicted molar refractivity (Wildman–Crippen MR) is 154 cm³/mol.